The van der Waals surface area contributed by atoms with Gasteiger partial charge < -0.3 is 15.4 Å². The second-order valence-electron chi connectivity index (χ2n) is 6.66. The third kappa shape index (κ3) is 4.43. The van der Waals surface area contributed by atoms with Crippen molar-refractivity contribution in [2.45, 2.75) is 26.3 Å². The molecule has 5 nitrogen and oxygen atoms in total. The van der Waals surface area contributed by atoms with E-state index in [1.165, 1.54) is 0 Å². The van der Waals surface area contributed by atoms with Crippen molar-refractivity contribution in [3.63, 3.8) is 0 Å². The molecule has 2 amide bonds. The summed E-state index contributed by atoms with van der Waals surface area (Å²) in [6.07, 6.45) is 0.593. The van der Waals surface area contributed by atoms with E-state index in [9.17, 15) is 9.59 Å². The van der Waals surface area contributed by atoms with Crippen LogP contribution in [0, 0.1) is 5.92 Å². The summed E-state index contributed by atoms with van der Waals surface area (Å²) in [4.78, 5) is 24.6. The van der Waals surface area contributed by atoms with E-state index in [-0.39, 0.29) is 23.8 Å². The number of ether oxygens (including phenoxy) is 1. The van der Waals surface area contributed by atoms with Crippen LogP contribution in [-0.2, 0) is 11.2 Å². The summed E-state index contributed by atoms with van der Waals surface area (Å²) in [7, 11) is 0. The quantitative estimate of drug-likeness (QED) is 0.796. The minimum atomic E-state index is -0.220. The van der Waals surface area contributed by atoms with E-state index in [2.05, 4.69) is 26.6 Å². The maximum absolute atomic E-state index is 12.4. The number of nitrogens with one attached hydrogen (secondary N) is 2. The smallest absolute Gasteiger partial charge is 0.255 e. The highest BCUT2D eigenvalue weighted by atomic mass is 79.9. The van der Waals surface area contributed by atoms with Gasteiger partial charge in [-0.05, 0) is 68.3 Å². The Labute approximate surface area is 161 Å². The van der Waals surface area contributed by atoms with Crippen molar-refractivity contribution in [1.29, 1.82) is 0 Å². The maximum atomic E-state index is 12.4. The maximum Gasteiger partial charge on any atom is 0.255 e. The van der Waals surface area contributed by atoms with Gasteiger partial charge in [-0.2, -0.15) is 0 Å². The van der Waals surface area contributed by atoms with Crippen LogP contribution in [0.5, 0.6) is 5.75 Å². The van der Waals surface area contributed by atoms with Crippen LogP contribution in [0.4, 0.5) is 5.69 Å². The molecule has 0 saturated carbocycles. The second kappa shape index (κ2) is 7.91. The van der Waals surface area contributed by atoms with Crippen LogP contribution < -0.4 is 15.4 Å². The number of anilines is 1. The van der Waals surface area contributed by atoms with Crippen LogP contribution >= 0.6 is 15.9 Å². The zero-order valence-electron chi connectivity index (χ0n) is 14.7. The lowest BCUT2D eigenvalue weighted by Crippen LogP contribution is -2.40. The Kier molecular flexibility index (Phi) is 5.61. The van der Waals surface area contributed by atoms with Crippen LogP contribution in [0.25, 0.3) is 0 Å². The van der Waals surface area contributed by atoms with Crippen LogP contribution in [0.1, 0.15) is 29.8 Å². The van der Waals surface area contributed by atoms with Gasteiger partial charge in [0.15, 0.2) is 0 Å². The Morgan fingerprint density at radius 3 is 2.58 bits per heavy atom. The molecule has 1 aliphatic rings. The average molecular weight is 417 g/mol. The summed E-state index contributed by atoms with van der Waals surface area (Å²) < 4.78 is 6.64. The summed E-state index contributed by atoms with van der Waals surface area (Å²) >= 11 is 3.36. The Balaban J connectivity index is 1.71. The molecular formula is C20H21BrN2O3. The van der Waals surface area contributed by atoms with E-state index in [4.69, 9.17) is 4.74 Å². The number of rotatable bonds is 4. The van der Waals surface area contributed by atoms with Crippen molar-refractivity contribution < 1.29 is 14.3 Å². The number of hydrogen-bond acceptors (Lipinski definition) is 3. The van der Waals surface area contributed by atoms with Gasteiger partial charge in [0.1, 0.15) is 12.4 Å². The van der Waals surface area contributed by atoms with Crippen LogP contribution in [0.15, 0.2) is 46.9 Å². The van der Waals surface area contributed by atoms with Gasteiger partial charge in [-0.1, -0.05) is 15.9 Å². The van der Waals surface area contributed by atoms with Crippen LogP contribution in [0.3, 0.4) is 0 Å². The van der Waals surface area contributed by atoms with Crippen molar-refractivity contribution in [1.82, 2.24) is 5.32 Å². The molecule has 1 unspecified atom stereocenters. The highest BCUT2D eigenvalue weighted by Crippen LogP contribution is 2.30. The Morgan fingerprint density at radius 2 is 1.88 bits per heavy atom. The van der Waals surface area contributed by atoms with E-state index in [0.717, 1.165) is 15.8 Å². The molecule has 0 bridgehead atoms. The molecule has 0 radical (unpaired) electrons. The molecule has 3 rings (SSSR count). The van der Waals surface area contributed by atoms with Crippen LogP contribution in [-0.4, -0.2) is 24.5 Å². The SMILES string of the molecule is CC(C)NC(=O)C1COc2ccc(NC(=O)c3ccc(Br)cc3)cc2C1. The van der Waals surface area contributed by atoms with Crippen molar-refractivity contribution >= 4 is 33.4 Å². The van der Waals surface area contributed by atoms with Gasteiger partial charge in [-0.15, -0.1) is 0 Å². The van der Waals surface area contributed by atoms with Gasteiger partial charge in [0.2, 0.25) is 5.91 Å². The van der Waals surface area contributed by atoms with Crippen molar-refractivity contribution in [2.75, 3.05) is 11.9 Å². The molecule has 2 N–H and O–H groups in total. The first-order chi connectivity index (χ1) is 12.4. The zero-order chi connectivity index (χ0) is 18.7. The van der Waals surface area contributed by atoms with Gasteiger partial charge in [-0.3, -0.25) is 9.59 Å². The molecule has 0 fully saturated rings. The number of amides is 2. The molecule has 1 heterocycles. The summed E-state index contributed by atoms with van der Waals surface area (Å²) in [5.41, 5.74) is 2.19. The van der Waals surface area contributed by atoms with E-state index >= 15 is 0 Å². The van der Waals surface area contributed by atoms with E-state index in [0.29, 0.717) is 24.3 Å². The molecular weight excluding hydrogens is 396 g/mol. The Hall–Kier alpha value is -2.34. The van der Waals surface area contributed by atoms with E-state index in [1.54, 1.807) is 12.1 Å². The fourth-order valence-corrected chi connectivity index (χ4v) is 3.11. The normalized spacial score (nSPS) is 15.8. The topological polar surface area (TPSA) is 67.4 Å². The molecule has 0 saturated heterocycles. The number of halogens is 1. The Morgan fingerprint density at radius 1 is 1.15 bits per heavy atom. The molecule has 1 aliphatic heterocycles. The number of benzene rings is 2. The molecule has 26 heavy (non-hydrogen) atoms. The molecule has 2 aromatic rings. The van der Waals surface area contributed by atoms with Crippen LogP contribution in [0.2, 0.25) is 0 Å². The lowest BCUT2D eigenvalue weighted by molar-refractivity contribution is -0.126. The molecule has 0 aliphatic carbocycles. The summed E-state index contributed by atoms with van der Waals surface area (Å²) in [6, 6.07) is 12.8. The summed E-state index contributed by atoms with van der Waals surface area (Å²) in [6.45, 7) is 4.24. The van der Waals surface area contributed by atoms with Crippen molar-refractivity contribution in [3.8, 4) is 5.75 Å². The molecule has 136 valence electrons. The molecule has 0 spiro atoms. The monoisotopic (exact) mass is 416 g/mol. The predicted molar refractivity (Wildman–Crippen MR) is 105 cm³/mol. The first-order valence-electron chi connectivity index (χ1n) is 8.55. The van der Waals surface area contributed by atoms with E-state index in [1.807, 2.05) is 44.2 Å². The van der Waals surface area contributed by atoms with Gasteiger partial charge in [0, 0.05) is 21.8 Å². The van der Waals surface area contributed by atoms with Gasteiger partial charge in [0.25, 0.3) is 5.91 Å². The second-order valence-corrected chi connectivity index (χ2v) is 7.57. The highest BCUT2D eigenvalue weighted by molar-refractivity contribution is 9.10. The minimum Gasteiger partial charge on any atom is -0.492 e. The number of fused-ring (bicyclic) bond motifs is 1. The molecule has 0 aromatic heterocycles. The highest BCUT2D eigenvalue weighted by Gasteiger charge is 2.26. The number of hydrogen-bond donors (Lipinski definition) is 2. The zero-order valence-corrected chi connectivity index (χ0v) is 16.3. The summed E-state index contributed by atoms with van der Waals surface area (Å²) in [5, 5.41) is 5.82. The third-order valence-electron chi connectivity index (χ3n) is 4.13. The Bertz CT molecular complexity index is 818. The first-order valence-corrected chi connectivity index (χ1v) is 9.34. The minimum absolute atomic E-state index is 0.00467. The van der Waals surface area contributed by atoms with Crippen molar-refractivity contribution in [2.24, 2.45) is 5.92 Å². The standard InChI is InChI=1S/C20H21BrN2O3/c1-12(2)22-20(25)15-9-14-10-17(7-8-18(14)26-11-15)23-19(24)13-3-5-16(21)6-4-13/h3-8,10,12,15H,9,11H2,1-2H3,(H,22,25)(H,23,24). The molecule has 6 heteroatoms. The average Bonchev–Trinajstić information content (AvgIpc) is 2.61. The number of carbonyl (C=O) groups is 2. The largest absolute Gasteiger partial charge is 0.492 e. The fraction of sp³-hybridized carbons (Fsp3) is 0.300. The lowest BCUT2D eigenvalue weighted by Gasteiger charge is -2.26. The number of carbonyl (C=O) groups excluding carboxylic acids is 2. The molecule has 2 aromatic carbocycles. The van der Waals surface area contributed by atoms with Gasteiger partial charge in [-0.25, -0.2) is 0 Å². The molecule has 1 atom stereocenters. The first kappa shape index (κ1) is 18.5. The van der Waals surface area contributed by atoms with Gasteiger partial charge in [0.05, 0.1) is 5.92 Å². The third-order valence-corrected chi connectivity index (χ3v) is 4.66. The predicted octanol–water partition coefficient (Wildman–Crippen LogP) is 3.78. The lowest BCUT2D eigenvalue weighted by atomic mass is 9.95. The fourth-order valence-electron chi connectivity index (χ4n) is 2.85. The van der Waals surface area contributed by atoms with Crippen molar-refractivity contribution in [3.05, 3.63) is 58.1 Å². The summed E-state index contributed by atoms with van der Waals surface area (Å²) in [5.74, 6) is 0.362. The van der Waals surface area contributed by atoms with E-state index < -0.39 is 0 Å². The van der Waals surface area contributed by atoms with Gasteiger partial charge >= 0.3 is 0 Å².